The molecule has 1 heteroatoms. The van der Waals surface area contributed by atoms with Crippen LogP contribution >= 0.6 is 0 Å². The van der Waals surface area contributed by atoms with Crippen LogP contribution < -0.4 is 0 Å². The van der Waals surface area contributed by atoms with Gasteiger partial charge in [-0.25, -0.2) is 0 Å². The van der Waals surface area contributed by atoms with E-state index in [-0.39, 0.29) is 5.41 Å². The first-order chi connectivity index (χ1) is 6.58. The summed E-state index contributed by atoms with van der Waals surface area (Å²) in [6.07, 6.45) is 1.13. The third-order valence-electron chi connectivity index (χ3n) is 3.80. The molecule has 1 nitrogen and oxygen atoms in total. The average molecular weight is 190 g/mol. The number of aliphatic hydroxyl groups excluding tert-OH is 1. The van der Waals surface area contributed by atoms with Crippen molar-refractivity contribution in [3.8, 4) is 0 Å². The van der Waals surface area contributed by atoms with Gasteiger partial charge in [0.2, 0.25) is 0 Å². The van der Waals surface area contributed by atoms with Crippen molar-refractivity contribution in [3.63, 3.8) is 0 Å². The standard InChI is InChI=1S/C13H18O/c1-9-4-5-11(6-10(9)2)13(3)7-12(13)8-14/h4-6,12,14H,7-8H2,1-3H3. The Labute approximate surface area is 85.8 Å². The van der Waals surface area contributed by atoms with Crippen molar-refractivity contribution in [2.75, 3.05) is 6.61 Å². The summed E-state index contributed by atoms with van der Waals surface area (Å²) in [5.74, 6) is 0.476. The zero-order valence-electron chi connectivity index (χ0n) is 9.17. The van der Waals surface area contributed by atoms with Crippen molar-refractivity contribution in [3.05, 3.63) is 34.9 Å². The zero-order valence-corrected chi connectivity index (χ0v) is 9.17. The minimum Gasteiger partial charge on any atom is -0.396 e. The molecule has 0 aromatic heterocycles. The molecule has 1 aliphatic carbocycles. The van der Waals surface area contributed by atoms with Crippen LogP contribution in [0.4, 0.5) is 0 Å². The number of aliphatic hydroxyl groups is 1. The normalized spacial score (nSPS) is 30.4. The average Bonchev–Trinajstić information content (AvgIpc) is 2.83. The molecule has 1 N–H and O–H groups in total. The Morgan fingerprint density at radius 2 is 2.07 bits per heavy atom. The Kier molecular flexibility index (Phi) is 2.15. The summed E-state index contributed by atoms with van der Waals surface area (Å²) in [5.41, 5.74) is 4.33. The van der Waals surface area contributed by atoms with Gasteiger partial charge in [-0.15, -0.1) is 0 Å². The van der Waals surface area contributed by atoms with Gasteiger partial charge in [-0.3, -0.25) is 0 Å². The number of aryl methyl sites for hydroxylation is 2. The molecular formula is C13H18O. The first-order valence-electron chi connectivity index (χ1n) is 5.26. The lowest BCUT2D eigenvalue weighted by Gasteiger charge is -2.13. The number of hydrogen-bond donors (Lipinski definition) is 1. The highest BCUT2D eigenvalue weighted by Gasteiger charge is 2.50. The van der Waals surface area contributed by atoms with Gasteiger partial charge in [-0.1, -0.05) is 25.1 Å². The van der Waals surface area contributed by atoms with E-state index in [2.05, 4.69) is 39.0 Å². The van der Waals surface area contributed by atoms with Crippen LogP contribution in [-0.2, 0) is 5.41 Å². The summed E-state index contributed by atoms with van der Waals surface area (Å²) in [4.78, 5) is 0. The molecule has 0 amide bonds. The molecule has 14 heavy (non-hydrogen) atoms. The van der Waals surface area contributed by atoms with E-state index in [0.29, 0.717) is 12.5 Å². The number of rotatable bonds is 2. The smallest absolute Gasteiger partial charge is 0.0468 e. The monoisotopic (exact) mass is 190 g/mol. The first-order valence-corrected chi connectivity index (χ1v) is 5.26. The highest BCUT2D eigenvalue weighted by Crippen LogP contribution is 2.53. The van der Waals surface area contributed by atoms with Crippen molar-refractivity contribution in [1.82, 2.24) is 0 Å². The van der Waals surface area contributed by atoms with Gasteiger partial charge in [-0.2, -0.15) is 0 Å². The molecule has 0 heterocycles. The van der Waals surface area contributed by atoms with Gasteiger partial charge < -0.3 is 5.11 Å². The SMILES string of the molecule is Cc1ccc(C2(C)CC2CO)cc1C. The fourth-order valence-electron chi connectivity index (χ4n) is 2.17. The highest BCUT2D eigenvalue weighted by atomic mass is 16.3. The number of hydrogen-bond acceptors (Lipinski definition) is 1. The molecule has 2 rings (SSSR count). The maximum Gasteiger partial charge on any atom is 0.0468 e. The molecule has 0 radical (unpaired) electrons. The van der Waals surface area contributed by atoms with Gasteiger partial charge >= 0.3 is 0 Å². The van der Waals surface area contributed by atoms with Crippen LogP contribution in [0.2, 0.25) is 0 Å². The van der Waals surface area contributed by atoms with E-state index in [1.54, 1.807) is 0 Å². The van der Waals surface area contributed by atoms with E-state index in [9.17, 15) is 0 Å². The van der Waals surface area contributed by atoms with Gasteiger partial charge in [0.05, 0.1) is 0 Å². The van der Waals surface area contributed by atoms with Gasteiger partial charge in [-0.05, 0) is 48.3 Å². The summed E-state index contributed by atoms with van der Waals surface area (Å²) in [7, 11) is 0. The van der Waals surface area contributed by atoms with Gasteiger partial charge in [0.1, 0.15) is 0 Å². The fraction of sp³-hybridized carbons (Fsp3) is 0.538. The van der Waals surface area contributed by atoms with E-state index >= 15 is 0 Å². The molecule has 0 spiro atoms. The predicted octanol–water partition coefficient (Wildman–Crippen LogP) is 2.57. The second-order valence-corrected chi connectivity index (χ2v) is 4.80. The predicted molar refractivity (Wildman–Crippen MR) is 58.5 cm³/mol. The molecule has 1 aromatic carbocycles. The largest absolute Gasteiger partial charge is 0.396 e. The minimum atomic E-state index is 0.243. The Bertz CT molecular complexity index is 356. The summed E-state index contributed by atoms with van der Waals surface area (Å²) in [6, 6.07) is 6.66. The second-order valence-electron chi connectivity index (χ2n) is 4.80. The zero-order chi connectivity index (χ0) is 10.3. The molecule has 2 unspecified atom stereocenters. The van der Waals surface area contributed by atoms with Crippen LogP contribution in [0.1, 0.15) is 30.0 Å². The Hall–Kier alpha value is -0.820. The van der Waals surface area contributed by atoms with Crippen LogP contribution in [0.25, 0.3) is 0 Å². The summed E-state index contributed by atoms with van der Waals surface area (Å²) in [6.45, 7) is 6.86. The Morgan fingerprint density at radius 1 is 1.36 bits per heavy atom. The van der Waals surface area contributed by atoms with Crippen LogP contribution in [0.5, 0.6) is 0 Å². The first kappa shape index (κ1) is 9.72. The van der Waals surface area contributed by atoms with E-state index in [4.69, 9.17) is 5.11 Å². The summed E-state index contributed by atoms with van der Waals surface area (Å²) >= 11 is 0. The van der Waals surface area contributed by atoms with Gasteiger partial charge in [0.25, 0.3) is 0 Å². The third-order valence-corrected chi connectivity index (χ3v) is 3.80. The quantitative estimate of drug-likeness (QED) is 0.760. The lowest BCUT2D eigenvalue weighted by Crippen LogP contribution is -2.07. The van der Waals surface area contributed by atoms with Crippen molar-refractivity contribution < 1.29 is 5.11 Å². The van der Waals surface area contributed by atoms with E-state index in [0.717, 1.165) is 6.42 Å². The van der Waals surface area contributed by atoms with E-state index < -0.39 is 0 Å². The van der Waals surface area contributed by atoms with Crippen LogP contribution in [0, 0.1) is 19.8 Å². The molecule has 1 fully saturated rings. The third kappa shape index (κ3) is 1.36. The van der Waals surface area contributed by atoms with Crippen LogP contribution in [-0.4, -0.2) is 11.7 Å². The number of benzene rings is 1. The lowest BCUT2D eigenvalue weighted by atomic mass is 9.93. The molecule has 0 aliphatic heterocycles. The topological polar surface area (TPSA) is 20.2 Å². The molecule has 0 bridgehead atoms. The Balaban J connectivity index is 2.31. The molecule has 1 saturated carbocycles. The fourth-order valence-corrected chi connectivity index (χ4v) is 2.17. The van der Waals surface area contributed by atoms with Crippen LogP contribution in [0.15, 0.2) is 18.2 Å². The van der Waals surface area contributed by atoms with Crippen molar-refractivity contribution in [1.29, 1.82) is 0 Å². The maximum absolute atomic E-state index is 9.13. The second kappa shape index (κ2) is 3.09. The van der Waals surface area contributed by atoms with E-state index in [1.165, 1.54) is 16.7 Å². The lowest BCUT2D eigenvalue weighted by molar-refractivity contribution is 0.265. The highest BCUT2D eigenvalue weighted by molar-refractivity contribution is 5.38. The summed E-state index contributed by atoms with van der Waals surface area (Å²) < 4.78 is 0. The maximum atomic E-state index is 9.13. The molecule has 1 aromatic rings. The van der Waals surface area contributed by atoms with Crippen molar-refractivity contribution in [2.24, 2.45) is 5.92 Å². The van der Waals surface area contributed by atoms with Crippen molar-refractivity contribution >= 4 is 0 Å². The molecule has 76 valence electrons. The van der Waals surface area contributed by atoms with Crippen molar-refractivity contribution in [2.45, 2.75) is 32.6 Å². The summed E-state index contributed by atoms with van der Waals surface area (Å²) in [5, 5.41) is 9.13. The molecule has 1 aliphatic rings. The molecule has 2 atom stereocenters. The van der Waals surface area contributed by atoms with E-state index in [1.807, 2.05) is 0 Å². The van der Waals surface area contributed by atoms with Gasteiger partial charge in [0.15, 0.2) is 0 Å². The molecular weight excluding hydrogens is 172 g/mol. The van der Waals surface area contributed by atoms with Crippen LogP contribution in [0.3, 0.4) is 0 Å². The van der Waals surface area contributed by atoms with Gasteiger partial charge in [0, 0.05) is 6.61 Å². The molecule has 0 saturated heterocycles. The minimum absolute atomic E-state index is 0.243. The Morgan fingerprint density at radius 3 is 2.57 bits per heavy atom.